The minimum Gasteiger partial charge on any atom is -0.478 e. The molecule has 0 amide bonds. The highest BCUT2D eigenvalue weighted by Crippen LogP contribution is 2.29. The first-order valence-electron chi connectivity index (χ1n) is 5.45. The van der Waals surface area contributed by atoms with Gasteiger partial charge in [0, 0.05) is 18.0 Å². The van der Waals surface area contributed by atoms with Crippen molar-refractivity contribution in [1.82, 2.24) is 4.72 Å². The van der Waals surface area contributed by atoms with Gasteiger partial charge in [-0.3, -0.25) is 0 Å². The van der Waals surface area contributed by atoms with Gasteiger partial charge in [0.2, 0.25) is 10.0 Å². The van der Waals surface area contributed by atoms with Crippen molar-refractivity contribution in [1.29, 1.82) is 0 Å². The standard InChI is InChI=1S/C12H11Cl2NO4S/c1-2-3-4-5-15-20(18,19)10-7-8(13)6-9(11(10)14)12(16)17/h1,6-7,15H,3-5H2,(H,16,17). The van der Waals surface area contributed by atoms with Gasteiger partial charge >= 0.3 is 5.97 Å². The average molecular weight is 336 g/mol. The number of terminal acetylenes is 1. The topological polar surface area (TPSA) is 83.5 Å². The van der Waals surface area contributed by atoms with Gasteiger partial charge in [-0.2, -0.15) is 0 Å². The second kappa shape index (κ2) is 6.95. The Labute approximate surface area is 126 Å². The second-order valence-electron chi connectivity index (χ2n) is 3.78. The summed E-state index contributed by atoms with van der Waals surface area (Å²) in [6.45, 7) is 0.123. The number of carboxylic acid groups (broad SMARTS) is 1. The molecule has 0 fully saturated rings. The Morgan fingerprint density at radius 2 is 2.05 bits per heavy atom. The minimum absolute atomic E-state index is 0.0317. The number of unbranched alkanes of at least 4 members (excludes halogenated alkanes) is 1. The molecule has 2 N–H and O–H groups in total. The van der Waals surface area contributed by atoms with Gasteiger partial charge < -0.3 is 5.11 Å². The first-order valence-corrected chi connectivity index (χ1v) is 7.69. The molecule has 0 spiro atoms. The van der Waals surface area contributed by atoms with E-state index in [1.54, 1.807) is 0 Å². The Morgan fingerprint density at radius 3 is 2.60 bits per heavy atom. The number of hydrogen-bond acceptors (Lipinski definition) is 3. The van der Waals surface area contributed by atoms with Crippen LogP contribution in [-0.4, -0.2) is 26.0 Å². The van der Waals surface area contributed by atoms with Crippen molar-refractivity contribution in [2.24, 2.45) is 0 Å². The summed E-state index contributed by atoms with van der Waals surface area (Å²) in [7, 11) is -3.95. The smallest absolute Gasteiger partial charge is 0.337 e. The summed E-state index contributed by atoms with van der Waals surface area (Å²) in [5.41, 5.74) is -0.372. The Kier molecular flexibility index (Phi) is 5.84. The summed E-state index contributed by atoms with van der Waals surface area (Å²) in [6, 6.07) is 2.18. The lowest BCUT2D eigenvalue weighted by Gasteiger charge is -2.10. The third-order valence-electron chi connectivity index (χ3n) is 2.31. The van der Waals surface area contributed by atoms with Crippen molar-refractivity contribution in [2.45, 2.75) is 17.7 Å². The Balaban J connectivity index is 3.12. The van der Waals surface area contributed by atoms with Crippen LogP contribution < -0.4 is 4.72 Å². The van der Waals surface area contributed by atoms with Crippen molar-refractivity contribution in [3.8, 4) is 12.3 Å². The highest BCUT2D eigenvalue weighted by Gasteiger charge is 2.23. The zero-order valence-corrected chi connectivity index (χ0v) is 12.5. The van der Waals surface area contributed by atoms with Crippen LogP contribution in [0.3, 0.4) is 0 Å². The SMILES string of the molecule is C#CCCCNS(=O)(=O)c1cc(Cl)cc(C(=O)O)c1Cl. The van der Waals surface area contributed by atoms with Gasteiger partial charge in [-0.15, -0.1) is 12.3 Å². The van der Waals surface area contributed by atoms with E-state index in [9.17, 15) is 13.2 Å². The lowest BCUT2D eigenvalue weighted by Crippen LogP contribution is -2.25. The lowest BCUT2D eigenvalue weighted by molar-refractivity contribution is 0.0697. The maximum atomic E-state index is 12.0. The van der Waals surface area contributed by atoms with Crippen LogP contribution in [0.2, 0.25) is 10.0 Å². The average Bonchev–Trinajstić information content (AvgIpc) is 2.36. The van der Waals surface area contributed by atoms with Crippen molar-refractivity contribution in [3.63, 3.8) is 0 Å². The van der Waals surface area contributed by atoms with Gasteiger partial charge in [0.05, 0.1) is 10.6 Å². The first kappa shape index (κ1) is 16.8. The molecule has 0 bridgehead atoms. The second-order valence-corrected chi connectivity index (χ2v) is 6.33. The van der Waals surface area contributed by atoms with Gasteiger partial charge in [0.25, 0.3) is 0 Å². The molecule has 0 aromatic heterocycles. The van der Waals surface area contributed by atoms with Crippen LogP contribution in [0.15, 0.2) is 17.0 Å². The van der Waals surface area contributed by atoms with E-state index >= 15 is 0 Å². The van der Waals surface area contributed by atoms with E-state index in [1.165, 1.54) is 0 Å². The van der Waals surface area contributed by atoms with Crippen LogP contribution in [0.25, 0.3) is 0 Å². The number of aromatic carboxylic acids is 1. The molecule has 0 unspecified atom stereocenters. The third kappa shape index (κ3) is 4.12. The van der Waals surface area contributed by atoms with Crippen molar-refractivity contribution in [2.75, 3.05) is 6.54 Å². The van der Waals surface area contributed by atoms with Crippen LogP contribution in [-0.2, 0) is 10.0 Å². The fourth-order valence-corrected chi connectivity index (χ4v) is 3.36. The molecule has 0 aliphatic rings. The van der Waals surface area contributed by atoms with Crippen LogP contribution in [0, 0.1) is 12.3 Å². The highest BCUT2D eigenvalue weighted by molar-refractivity contribution is 7.89. The number of sulfonamides is 1. The minimum atomic E-state index is -3.95. The van der Waals surface area contributed by atoms with E-state index in [2.05, 4.69) is 10.6 Å². The molecule has 0 saturated carbocycles. The largest absolute Gasteiger partial charge is 0.478 e. The van der Waals surface area contributed by atoms with Crippen molar-refractivity contribution >= 4 is 39.2 Å². The third-order valence-corrected chi connectivity index (χ3v) is 4.54. The number of rotatable bonds is 6. The van der Waals surface area contributed by atoms with E-state index in [0.717, 1.165) is 12.1 Å². The number of carboxylic acids is 1. The van der Waals surface area contributed by atoms with E-state index in [0.29, 0.717) is 12.8 Å². The van der Waals surface area contributed by atoms with Gasteiger partial charge in [0.1, 0.15) is 4.90 Å². The van der Waals surface area contributed by atoms with Crippen LogP contribution in [0.5, 0.6) is 0 Å². The van der Waals surface area contributed by atoms with E-state index < -0.39 is 16.0 Å². The maximum Gasteiger partial charge on any atom is 0.337 e. The molecule has 1 aromatic carbocycles. The molecular weight excluding hydrogens is 325 g/mol. The van der Waals surface area contributed by atoms with E-state index in [-0.39, 0.29) is 27.0 Å². The first-order chi connectivity index (χ1) is 9.29. The number of nitrogens with one attached hydrogen (secondary N) is 1. The van der Waals surface area contributed by atoms with Gasteiger partial charge in [-0.05, 0) is 18.6 Å². The highest BCUT2D eigenvalue weighted by atomic mass is 35.5. The predicted molar refractivity (Wildman–Crippen MR) is 76.7 cm³/mol. The maximum absolute atomic E-state index is 12.0. The molecule has 8 heteroatoms. The molecule has 0 aliphatic heterocycles. The molecular formula is C12H11Cl2NO4S. The molecule has 0 heterocycles. The van der Waals surface area contributed by atoms with Crippen molar-refractivity contribution < 1.29 is 18.3 Å². The molecule has 0 radical (unpaired) electrons. The molecule has 0 aliphatic carbocycles. The Hall–Kier alpha value is -1.26. The molecule has 1 aromatic rings. The summed E-state index contributed by atoms with van der Waals surface area (Å²) >= 11 is 11.5. The number of hydrogen-bond donors (Lipinski definition) is 2. The molecule has 108 valence electrons. The van der Waals surface area contributed by atoms with E-state index in [1.807, 2.05) is 0 Å². The fraction of sp³-hybridized carbons (Fsp3) is 0.250. The molecule has 20 heavy (non-hydrogen) atoms. The summed E-state index contributed by atoms with van der Waals surface area (Å²) < 4.78 is 26.4. The zero-order valence-electron chi connectivity index (χ0n) is 10.2. The van der Waals surface area contributed by atoms with Gasteiger partial charge in [-0.1, -0.05) is 23.2 Å². The number of halogens is 2. The number of benzene rings is 1. The molecule has 1 rings (SSSR count). The van der Waals surface area contributed by atoms with E-state index in [4.69, 9.17) is 34.7 Å². The zero-order chi connectivity index (χ0) is 15.3. The fourth-order valence-electron chi connectivity index (χ4n) is 1.39. The van der Waals surface area contributed by atoms with Crippen LogP contribution >= 0.6 is 23.2 Å². The summed E-state index contributed by atoms with van der Waals surface area (Å²) in [6.07, 6.45) is 5.94. The molecule has 0 atom stereocenters. The Bertz CT molecular complexity index is 665. The monoisotopic (exact) mass is 335 g/mol. The van der Waals surface area contributed by atoms with Gasteiger partial charge in [-0.25, -0.2) is 17.9 Å². The quantitative estimate of drug-likeness (QED) is 0.617. The molecule has 5 nitrogen and oxygen atoms in total. The Morgan fingerprint density at radius 1 is 1.40 bits per heavy atom. The van der Waals surface area contributed by atoms with Crippen LogP contribution in [0.1, 0.15) is 23.2 Å². The number of carbonyl (C=O) groups is 1. The summed E-state index contributed by atoms with van der Waals surface area (Å²) in [5, 5.41) is 8.53. The summed E-state index contributed by atoms with van der Waals surface area (Å²) in [5.74, 6) is 1.02. The van der Waals surface area contributed by atoms with Crippen molar-refractivity contribution in [3.05, 3.63) is 27.7 Å². The lowest BCUT2D eigenvalue weighted by atomic mass is 10.2. The molecule has 0 saturated heterocycles. The normalized spacial score (nSPS) is 11.1. The van der Waals surface area contributed by atoms with Crippen LogP contribution in [0.4, 0.5) is 0 Å². The summed E-state index contributed by atoms with van der Waals surface area (Å²) in [4.78, 5) is 10.6. The predicted octanol–water partition coefficient (Wildman–Crippen LogP) is 2.38. The van der Waals surface area contributed by atoms with Gasteiger partial charge in [0.15, 0.2) is 0 Å².